The summed E-state index contributed by atoms with van der Waals surface area (Å²) in [7, 11) is 2.00. The van der Waals surface area contributed by atoms with E-state index >= 15 is 0 Å². The summed E-state index contributed by atoms with van der Waals surface area (Å²) in [6.07, 6.45) is 7.20. The van der Waals surface area contributed by atoms with Crippen LogP contribution >= 0.6 is 23.7 Å². The molecule has 2 aromatic rings. The summed E-state index contributed by atoms with van der Waals surface area (Å²) >= 11 is 1.71. The summed E-state index contributed by atoms with van der Waals surface area (Å²) in [6, 6.07) is 2.17. The molecule has 2 unspecified atom stereocenters. The van der Waals surface area contributed by atoms with Crippen LogP contribution in [0.25, 0.3) is 0 Å². The van der Waals surface area contributed by atoms with E-state index in [-0.39, 0.29) is 24.4 Å². The fraction of sp³-hybridized carbons (Fsp3) is 0.619. The molecule has 4 rings (SSSR count). The number of nitrogens with zero attached hydrogens (tertiary/aromatic N) is 3. The Morgan fingerprint density at radius 2 is 2.14 bits per heavy atom. The lowest BCUT2D eigenvalue weighted by Gasteiger charge is -2.35. The van der Waals surface area contributed by atoms with Gasteiger partial charge in [0, 0.05) is 44.0 Å². The van der Waals surface area contributed by atoms with Gasteiger partial charge in [0.05, 0.1) is 4.88 Å². The molecule has 2 aliphatic rings. The zero-order chi connectivity index (χ0) is 19.2. The summed E-state index contributed by atoms with van der Waals surface area (Å²) in [5.74, 6) is 1.81. The Morgan fingerprint density at radius 1 is 1.36 bits per heavy atom. The number of rotatable bonds is 2. The normalized spacial score (nSPS) is 22.5. The molecule has 1 fully saturated rings. The molecule has 2 atom stereocenters. The van der Waals surface area contributed by atoms with Crippen LogP contribution in [0.1, 0.15) is 59.2 Å². The third-order valence-electron chi connectivity index (χ3n) is 6.18. The van der Waals surface area contributed by atoms with Crippen LogP contribution in [0.2, 0.25) is 0 Å². The number of carbonyl (C=O) groups excluding carboxylic acids is 1. The van der Waals surface area contributed by atoms with Crippen LogP contribution < -0.4 is 5.32 Å². The van der Waals surface area contributed by atoms with Crippen molar-refractivity contribution in [2.75, 3.05) is 19.6 Å². The molecule has 0 aromatic carbocycles. The highest BCUT2D eigenvalue weighted by Gasteiger charge is 2.34. The maximum absolute atomic E-state index is 13.4. The van der Waals surface area contributed by atoms with Gasteiger partial charge in [0.2, 0.25) is 0 Å². The zero-order valence-corrected chi connectivity index (χ0v) is 18.8. The van der Waals surface area contributed by atoms with Gasteiger partial charge in [-0.05, 0) is 42.2 Å². The number of fused-ring (bicyclic) bond motifs is 1. The smallest absolute Gasteiger partial charge is 0.264 e. The van der Waals surface area contributed by atoms with Crippen molar-refractivity contribution < 1.29 is 4.79 Å². The average molecular weight is 423 g/mol. The van der Waals surface area contributed by atoms with E-state index in [1.165, 1.54) is 16.9 Å². The quantitative estimate of drug-likeness (QED) is 0.799. The van der Waals surface area contributed by atoms with E-state index in [1.54, 1.807) is 11.3 Å². The number of piperazine rings is 1. The fourth-order valence-electron chi connectivity index (χ4n) is 4.39. The molecule has 0 saturated carbocycles. The molecule has 154 valence electrons. The Balaban J connectivity index is 0.00000225. The maximum Gasteiger partial charge on any atom is 0.264 e. The van der Waals surface area contributed by atoms with Gasteiger partial charge in [-0.2, -0.15) is 0 Å². The second-order valence-corrected chi connectivity index (χ2v) is 10.1. The predicted molar refractivity (Wildman–Crippen MR) is 116 cm³/mol. The number of aryl methyl sites for hydroxylation is 2. The molecule has 3 heterocycles. The number of aromatic nitrogens is 2. The molecule has 0 spiro atoms. The van der Waals surface area contributed by atoms with Gasteiger partial charge >= 0.3 is 0 Å². The van der Waals surface area contributed by atoms with E-state index in [2.05, 4.69) is 37.1 Å². The van der Waals surface area contributed by atoms with Crippen molar-refractivity contribution in [3.8, 4) is 0 Å². The number of hydrogen-bond acceptors (Lipinski definition) is 4. The Morgan fingerprint density at radius 3 is 2.82 bits per heavy atom. The minimum atomic E-state index is -0.00676. The van der Waals surface area contributed by atoms with Crippen molar-refractivity contribution in [1.29, 1.82) is 0 Å². The SMILES string of the molecule is Cl.Cn1ccnc1C1CNCCN1C(=O)c1cc2c(s1)CCC(C(C)(C)C)C2. The van der Waals surface area contributed by atoms with Crippen LogP contribution in [0.4, 0.5) is 0 Å². The minimum Gasteiger partial charge on any atom is -0.336 e. The van der Waals surface area contributed by atoms with Gasteiger partial charge in [-0.1, -0.05) is 20.8 Å². The average Bonchev–Trinajstić information content (AvgIpc) is 3.25. The molecule has 1 amide bonds. The maximum atomic E-state index is 13.4. The molecule has 0 radical (unpaired) electrons. The molecule has 7 heteroatoms. The molecule has 5 nitrogen and oxygen atoms in total. The van der Waals surface area contributed by atoms with Gasteiger partial charge in [0.15, 0.2) is 0 Å². The Kier molecular flexibility index (Phi) is 6.23. The highest BCUT2D eigenvalue weighted by Crippen LogP contribution is 2.40. The molecule has 1 saturated heterocycles. The number of thiophene rings is 1. The van der Waals surface area contributed by atoms with E-state index < -0.39 is 0 Å². The number of halogens is 1. The molecular weight excluding hydrogens is 392 g/mol. The second kappa shape index (κ2) is 8.17. The van der Waals surface area contributed by atoms with E-state index in [1.807, 2.05) is 28.9 Å². The van der Waals surface area contributed by atoms with Crippen molar-refractivity contribution in [3.05, 3.63) is 39.6 Å². The third kappa shape index (κ3) is 4.00. The van der Waals surface area contributed by atoms with Crippen molar-refractivity contribution in [2.45, 2.75) is 46.1 Å². The number of amides is 1. The molecular formula is C21H31ClN4OS. The highest BCUT2D eigenvalue weighted by atomic mass is 35.5. The van der Waals surface area contributed by atoms with Crippen molar-refractivity contribution >= 4 is 29.7 Å². The topological polar surface area (TPSA) is 50.2 Å². The lowest BCUT2D eigenvalue weighted by molar-refractivity contribution is 0.0626. The lowest BCUT2D eigenvalue weighted by atomic mass is 9.72. The summed E-state index contributed by atoms with van der Waals surface area (Å²) < 4.78 is 2.02. The van der Waals surface area contributed by atoms with Crippen LogP contribution in [-0.2, 0) is 19.9 Å². The lowest BCUT2D eigenvalue weighted by Crippen LogP contribution is -2.49. The van der Waals surface area contributed by atoms with Crippen molar-refractivity contribution in [1.82, 2.24) is 19.8 Å². The van der Waals surface area contributed by atoms with Gasteiger partial charge in [-0.15, -0.1) is 23.7 Å². The predicted octanol–water partition coefficient (Wildman–Crippen LogP) is 3.84. The van der Waals surface area contributed by atoms with Gasteiger partial charge < -0.3 is 14.8 Å². The first-order chi connectivity index (χ1) is 12.8. The van der Waals surface area contributed by atoms with Gasteiger partial charge in [-0.25, -0.2) is 4.98 Å². The number of hydrogen-bond donors (Lipinski definition) is 1. The van der Waals surface area contributed by atoms with E-state index in [0.717, 1.165) is 43.2 Å². The first-order valence-electron chi connectivity index (χ1n) is 9.95. The Labute approximate surface area is 177 Å². The standard InChI is InChI=1S/C21H30N4OS.ClH/c1-21(2,3)15-5-6-17-14(11-15)12-18(27-17)20(26)25-10-7-22-13-16(25)19-23-8-9-24(19)4;/h8-9,12,15-16,22H,5-7,10-11,13H2,1-4H3;1H. The highest BCUT2D eigenvalue weighted by molar-refractivity contribution is 7.14. The van der Waals surface area contributed by atoms with Crippen LogP contribution in [0.3, 0.4) is 0 Å². The first kappa shape index (κ1) is 21.3. The molecule has 1 aliphatic heterocycles. The Hall–Kier alpha value is -1.37. The minimum absolute atomic E-state index is 0. The summed E-state index contributed by atoms with van der Waals surface area (Å²) in [5, 5.41) is 3.41. The number of carbonyl (C=O) groups is 1. The largest absolute Gasteiger partial charge is 0.336 e. The van der Waals surface area contributed by atoms with Crippen molar-refractivity contribution in [3.63, 3.8) is 0 Å². The molecule has 28 heavy (non-hydrogen) atoms. The van der Waals surface area contributed by atoms with Gasteiger partial charge in [0.1, 0.15) is 11.9 Å². The van der Waals surface area contributed by atoms with Gasteiger partial charge in [-0.3, -0.25) is 4.79 Å². The van der Waals surface area contributed by atoms with Crippen LogP contribution in [-0.4, -0.2) is 40.0 Å². The molecule has 1 aliphatic carbocycles. The molecule has 2 aromatic heterocycles. The van der Waals surface area contributed by atoms with Crippen LogP contribution in [0, 0.1) is 11.3 Å². The fourth-order valence-corrected chi connectivity index (χ4v) is 5.55. The monoisotopic (exact) mass is 422 g/mol. The van der Waals surface area contributed by atoms with E-state index in [0.29, 0.717) is 11.3 Å². The van der Waals surface area contributed by atoms with Gasteiger partial charge in [0.25, 0.3) is 5.91 Å². The van der Waals surface area contributed by atoms with Crippen molar-refractivity contribution in [2.24, 2.45) is 18.4 Å². The zero-order valence-electron chi connectivity index (χ0n) is 17.2. The Bertz CT molecular complexity index is 838. The summed E-state index contributed by atoms with van der Waals surface area (Å²) in [4.78, 5) is 22.2. The first-order valence-corrected chi connectivity index (χ1v) is 10.8. The third-order valence-corrected chi connectivity index (χ3v) is 7.40. The number of imidazole rings is 1. The van der Waals surface area contributed by atoms with E-state index in [4.69, 9.17) is 0 Å². The van der Waals surface area contributed by atoms with Crippen LogP contribution in [0.15, 0.2) is 18.5 Å². The molecule has 0 bridgehead atoms. The number of nitrogens with one attached hydrogen (secondary N) is 1. The van der Waals surface area contributed by atoms with E-state index in [9.17, 15) is 4.79 Å². The molecule has 1 N–H and O–H groups in total. The second-order valence-electron chi connectivity index (χ2n) is 8.98. The summed E-state index contributed by atoms with van der Waals surface area (Å²) in [6.45, 7) is 9.32. The van der Waals surface area contributed by atoms with Crippen LogP contribution in [0.5, 0.6) is 0 Å². The summed E-state index contributed by atoms with van der Waals surface area (Å²) in [5.41, 5.74) is 1.73.